The molecular weight excluding hydrogens is 298 g/mol. The monoisotopic (exact) mass is 327 g/mol. The molecule has 0 amide bonds. The van der Waals surface area contributed by atoms with Gasteiger partial charge in [0.1, 0.15) is 11.5 Å². The second-order valence-corrected chi connectivity index (χ2v) is 8.36. The number of carbonyl (C=O) groups excluding carboxylic acids is 1. The normalized spacial score (nSPS) is 41.8. The average Bonchev–Trinajstić information content (AvgIpc) is 2.74. The molecule has 4 rings (SSSR count). The van der Waals surface area contributed by atoms with Gasteiger partial charge in [-0.2, -0.15) is 0 Å². The summed E-state index contributed by atoms with van der Waals surface area (Å²) in [6, 6.07) is 0. The van der Waals surface area contributed by atoms with E-state index in [1.54, 1.807) is 7.11 Å². The van der Waals surface area contributed by atoms with Gasteiger partial charge in [0.2, 0.25) is 0 Å². The third-order valence-electron chi connectivity index (χ3n) is 7.36. The Morgan fingerprint density at radius 1 is 1.25 bits per heavy atom. The molecule has 0 aromatic carbocycles. The maximum Gasteiger partial charge on any atom is 0.141 e. The van der Waals surface area contributed by atoms with Crippen LogP contribution in [0.4, 0.5) is 0 Å². The molecule has 0 radical (unpaired) electrons. The third-order valence-corrected chi connectivity index (χ3v) is 7.36. The van der Waals surface area contributed by atoms with Crippen molar-refractivity contribution < 1.29 is 9.53 Å². The van der Waals surface area contributed by atoms with Crippen LogP contribution < -0.4 is 5.73 Å². The van der Waals surface area contributed by atoms with E-state index in [0.717, 1.165) is 37.1 Å². The van der Waals surface area contributed by atoms with E-state index in [-0.39, 0.29) is 5.41 Å². The fourth-order valence-corrected chi connectivity index (χ4v) is 6.04. The molecule has 4 aliphatic carbocycles. The summed E-state index contributed by atoms with van der Waals surface area (Å²) in [5, 5.41) is 0. The summed E-state index contributed by atoms with van der Waals surface area (Å²) in [7, 11) is 1.68. The van der Waals surface area contributed by atoms with Gasteiger partial charge in [-0.15, -0.1) is 0 Å². The quantitative estimate of drug-likeness (QED) is 0.788. The molecule has 0 aliphatic heterocycles. The Hall–Kier alpha value is -1.51. The molecule has 130 valence electrons. The van der Waals surface area contributed by atoms with Gasteiger partial charge in [0.05, 0.1) is 12.8 Å². The van der Waals surface area contributed by atoms with E-state index in [2.05, 4.69) is 19.1 Å². The van der Waals surface area contributed by atoms with Crippen molar-refractivity contribution in [2.24, 2.45) is 34.8 Å². The minimum Gasteiger partial charge on any atom is -0.495 e. The van der Waals surface area contributed by atoms with E-state index in [9.17, 15) is 4.79 Å². The summed E-state index contributed by atoms with van der Waals surface area (Å²) < 4.78 is 5.42. The standard InChI is InChI=1S/C21H29NO2/c1-21-11-10-14-15(17(21)4-3-5-20(21)23)8-6-13-7-9-19(24-2)18(22)12-16(13)14/h7,9,12-15,17H,3-6,8,10-11,22H2,1-2H3/t13?,14?,15?,17?,21-/m0/s1. The molecular formula is C21H29NO2. The molecule has 0 heterocycles. The van der Waals surface area contributed by atoms with Crippen LogP contribution >= 0.6 is 0 Å². The summed E-state index contributed by atoms with van der Waals surface area (Å²) in [6.45, 7) is 2.25. The van der Waals surface area contributed by atoms with Gasteiger partial charge in [-0.25, -0.2) is 0 Å². The van der Waals surface area contributed by atoms with Gasteiger partial charge >= 0.3 is 0 Å². The van der Waals surface area contributed by atoms with Crippen LogP contribution in [0.1, 0.15) is 51.9 Å². The Bertz CT molecular complexity index is 644. The summed E-state index contributed by atoms with van der Waals surface area (Å²) >= 11 is 0. The highest BCUT2D eigenvalue weighted by Gasteiger charge is 2.53. The minimum atomic E-state index is -0.0630. The van der Waals surface area contributed by atoms with Crippen LogP contribution in [-0.2, 0) is 9.53 Å². The zero-order valence-corrected chi connectivity index (χ0v) is 14.9. The number of methoxy groups -OCH3 is 1. The molecule has 4 unspecified atom stereocenters. The van der Waals surface area contributed by atoms with Crippen LogP contribution in [0.15, 0.2) is 35.3 Å². The van der Waals surface area contributed by atoms with Gasteiger partial charge in [0.15, 0.2) is 0 Å². The second-order valence-electron chi connectivity index (χ2n) is 8.36. The number of Topliss-reactive ketones (excluding diaryl/α,β-unsaturated/α-hetero) is 1. The summed E-state index contributed by atoms with van der Waals surface area (Å²) in [4.78, 5) is 12.6. The van der Waals surface area contributed by atoms with E-state index in [0.29, 0.717) is 29.5 Å². The van der Waals surface area contributed by atoms with Crippen LogP contribution in [0.25, 0.3) is 0 Å². The summed E-state index contributed by atoms with van der Waals surface area (Å²) in [5.41, 5.74) is 8.45. The number of fused-ring (bicyclic) bond motifs is 5. The number of nitrogens with two attached hydrogens (primary N) is 1. The molecule has 4 aliphatic rings. The van der Waals surface area contributed by atoms with Gasteiger partial charge in [0.25, 0.3) is 0 Å². The number of rotatable bonds is 1. The van der Waals surface area contributed by atoms with Crippen molar-refractivity contribution in [3.8, 4) is 0 Å². The van der Waals surface area contributed by atoms with Gasteiger partial charge in [-0.3, -0.25) is 4.79 Å². The first-order chi connectivity index (χ1) is 11.5. The minimum absolute atomic E-state index is 0.0630. The molecule has 3 nitrogen and oxygen atoms in total. The number of carbonyl (C=O) groups is 1. The Kier molecular flexibility index (Phi) is 3.85. The van der Waals surface area contributed by atoms with E-state index >= 15 is 0 Å². The van der Waals surface area contributed by atoms with Gasteiger partial charge < -0.3 is 10.5 Å². The van der Waals surface area contributed by atoms with Crippen LogP contribution in [0, 0.1) is 29.1 Å². The lowest BCUT2D eigenvalue weighted by atomic mass is 9.49. The van der Waals surface area contributed by atoms with Gasteiger partial charge in [-0.05, 0) is 74.3 Å². The molecule has 5 atom stereocenters. The molecule has 0 bridgehead atoms. The lowest BCUT2D eigenvalue weighted by Crippen LogP contribution is -2.50. The number of ether oxygens (including phenoxy) is 1. The molecule has 0 aromatic rings. The van der Waals surface area contributed by atoms with E-state index in [1.807, 2.05) is 6.08 Å². The number of ketones is 1. The first-order valence-electron chi connectivity index (χ1n) is 9.51. The fraction of sp³-hybridized carbons (Fsp3) is 0.667. The predicted molar refractivity (Wildman–Crippen MR) is 94.8 cm³/mol. The first-order valence-corrected chi connectivity index (χ1v) is 9.51. The molecule has 0 spiro atoms. The Morgan fingerprint density at radius 2 is 2.08 bits per heavy atom. The van der Waals surface area contributed by atoms with Crippen molar-refractivity contribution in [2.75, 3.05) is 7.11 Å². The number of hydrogen-bond donors (Lipinski definition) is 1. The van der Waals surface area contributed by atoms with E-state index in [4.69, 9.17) is 10.5 Å². The Morgan fingerprint density at radius 3 is 2.88 bits per heavy atom. The average molecular weight is 327 g/mol. The summed E-state index contributed by atoms with van der Waals surface area (Å²) in [5.74, 6) is 3.60. The third kappa shape index (κ3) is 2.28. The molecule has 3 fully saturated rings. The number of hydrogen-bond acceptors (Lipinski definition) is 3. The van der Waals surface area contributed by atoms with Crippen LogP contribution in [0.5, 0.6) is 0 Å². The molecule has 2 N–H and O–H groups in total. The van der Waals surface area contributed by atoms with Gasteiger partial charge in [-0.1, -0.05) is 18.6 Å². The highest BCUT2D eigenvalue weighted by atomic mass is 16.5. The molecule has 0 saturated heterocycles. The summed E-state index contributed by atoms with van der Waals surface area (Å²) in [6.07, 6.45) is 14.2. The zero-order valence-electron chi connectivity index (χ0n) is 14.9. The van der Waals surface area contributed by atoms with Gasteiger partial charge in [0, 0.05) is 11.8 Å². The maximum absolute atomic E-state index is 12.6. The van der Waals surface area contributed by atoms with E-state index < -0.39 is 0 Å². The van der Waals surface area contributed by atoms with E-state index in [1.165, 1.54) is 24.8 Å². The van der Waals surface area contributed by atoms with Crippen molar-refractivity contribution in [2.45, 2.75) is 51.9 Å². The lowest BCUT2D eigenvalue weighted by Gasteiger charge is -2.54. The lowest BCUT2D eigenvalue weighted by molar-refractivity contribution is -0.141. The van der Waals surface area contributed by atoms with Crippen molar-refractivity contribution >= 4 is 5.78 Å². The van der Waals surface area contributed by atoms with Crippen molar-refractivity contribution in [1.29, 1.82) is 0 Å². The van der Waals surface area contributed by atoms with Crippen molar-refractivity contribution in [3.63, 3.8) is 0 Å². The maximum atomic E-state index is 12.6. The second kappa shape index (κ2) is 5.79. The Labute approximate surface area is 145 Å². The molecule has 24 heavy (non-hydrogen) atoms. The van der Waals surface area contributed by atoms with Crippen LogP contribution in [0.2, 0.25) is 0 Å². The molecule has 3 saturated carbocycles. The topological polar surface area (TPSA) is 52.3 Å². The zero-order chi connectivity index (χ0) is 16.9. The highest BCUT2D eigenvalue weighted by Crippen LogP contribution is 2.58. The smallest absolute Gasteiger partial charge is 0.141 e. The van der Waals surface area contributed by atoms with Crippen LogP contribution in [0.3, 0.4) is 0 Å². The molecule has 3 heteroatoms. The largest absolute Gasteiger partial charge is 0.495 e. The SMILES string of the molecule is COC1=C(N)C=C2C(C=C1)CCC1C2CC[C@]2(C)C(=O)CCCC12. The van der Waals surface area contributed by atoms with Crippen LogP contribution in [-0.4, -0.2) is 12.9 Å². The molecule has 0 aromatic heterocycles. The van der Waals surface area contributed by atoms with Crippen molar-refractivity contribution in [1.82, 2.24) is 0 Å². The number of allylic oxidation sites excluding steroid dienone is 4. The van der Waals surface area contributed by atoms with Crippen molar-refractivity contribution in [3.05, 3.63) is 35.3 Å². The fourth-order valence-electron chi connectivity index (χ4n) is 6.04. The highest BCUT2D eigenvalue weighted by molar-refractivity contribution is 5.85. The predicted octanol–water partition coefficient (Wildman–Crippen LogP) is 4.11. The first kappa shape index (κ1) is 16.0. The Balaban J connectivity index is 1.69.